The van der Waals surface area contributed by atoms with Crippen LogP contribution in [0.4, 0.5) is 4.39 Å². The van der Waals surface area contributed by atoms with Crippen LogP contribution in [0.1, 0.15) is 26.3 Å². The minimum Gasteiger partial charge on any atom is -0.494 e. The molecular formula is C14H20FNO2. The van der Waals surface area contributed by atoms with Gasteiger partial charge < -0.3 is 10.1 Å². The van der Waals surface area contributed by atoms with Crippen LogP contribution in [0.5, 0.6) is 5.75 Å². The van der Waals surface area contributed by atoms with Crippen molar-refractivity contribution >= 4 is 5.78 Å². The Bertz CT molecular complexity index is 430. The first-order valence-electron chi connectivity index (χ1n) is 6.02. The summed E-state index contributed by atoms with van der Waals surface area (Å²) in [6.07, 6.45) is 0.0586. The van der Waals surface area contributed by atoms with Crippen LogP contribution in [0, 0.1) is 5.82 Å². The summed E-state index contributed by atoms with van der Waals surface area (Å²) in [5.74, 6) is -0.335. The first-order chi connectivity index (χ1) is 8.42. The average molecular weight is 253 g/mol. The predicted octanol–water partition coefficient (Wildman–Crippen LogP) is 2.33. The molecule has 1 rings (SSSR count). The summed E-state index contributed by atoms with van der Waals surface area (Å²) in [5.41, 5.74) is -0.283. The van der Waals surface area contributed by atoms with Crippen LogP contribution < -0.4 is 10.1 Å². The summed E-state index contributed by atoms with van der Waals surface area (Å²) in [4.78, 5) is 12.1. The number of methoxy groups -OCH3 is 1. The van der Waals surface area contributed by atoms with Crippen LogP contribution in [0.3, 0.4) is 0 Å². The highest BCUT2D eigenvalue weighted by Gasteiger charge is 2.27. The van der Waals surface area contributed by atoms with Gasteiger partial charge in [0.2, 0.25) is 0 Å². The zero-order chi connectivity index (χ0) is 13.8. The minimum absolute atomic E-state index is 0.0449. The van der Waals surface area contributed by atoms with Crippen molar-refractivity contribution in [3.05, 3.63) is 29.6 Å². The van der Waals surface area contributed by atoms with Gasteiger partial charge in [0, 0.05) is 6.42 Å². The summed E-state index contributed by atoms with van der Waals surface area (Å²) >= 11 is 0. The lowest BCUT2D eigenvalue weighted by atomic mass is 9.93. The van der Waals surface area contributed by atoms with Crippen LogP contribution in [0.15, 0.2) is 18.2 Å². The lowest BCUT2D eigenvalue weighted by Crippen LogP contribution is -2.47. The van der Waals surface area contributed by atoms with Crippen molar-refractivity contribution in [3.63, 3.8) is 0 Å². The lowest BCUT2D eigenvalue weighted by molar-refractivity contribution is -0.123. The number of Topliss-reactive ketones (excluding diaryl/α,β-unsaturated/α-hetero) is 1. The summed E-state index contributed by atoms with van der Waals surface area (Å²) in [5, 5.41) is 3.09. The van der Waals surface area contributed by atoms with E-state index in [-0.39, 0.29) is 18.0 Å². The summed E-state index contributed by atoms with van der Waals surface area (Å²) < 4.78 is 18.8. The molecule has 0 atom stereocenters. The minimum atomic E-state index is -0.649. The summed E-state index contributed by atoms with van der Waals surface area (Å²) in [6.45, 7) is 6.23. The fourth-order valence-corrected chi connectivity index (χ4v) is 1.78. The van der Waals surface area contributed by atoms with Gasteiger partial charge in [-0.3, -0.25) is 4.79 Å². The molecule has 0 radical (unpaired) electrons. The number of nitrogens with one attached hydrogen (secondary N) is 1. The van der Waals surface area contributed by atoms with E-state index < -0.39 is 11.4 Å². The van der Waals surface area contributed by atoms with E-state index in [9.17, 15) is 9.18 Å². The molecule has 18 heavy (non-hydrogen) atoms. The topological polar surface area (TPSA) is 38.3 Å². The third kappa shape index (κ3) is 3.29. The molecule has 0 unspecified atom stereocenters. The number of ketones is 1. The van der Waals surface area contributed by atoms with E-state index in [1.807, 2.05) is 6.92 Å². The maximum Gasteiger partial charge on any atom is 0.168 e. The van der Waals surface area contributed by atoms with Gasteiger partial charge in [0.25, 0.3) is 0 Å². The van der Waals surface area contributed by atoms with Gasteiger partial charge >= 0.3 is 0 Å². The highest BCUT2D eigenvalue weighted by atomic mass is 19.1. The molecule has 0 aliphatic rings. The van der Waals surface area contributed by atoms with Crippen LogP contribution in [-0.2, 0) is 11.2 Å². The van der Waals surface area contributed by atoms with Gasteiger partial charge in [-0.25, -0.2) is 4.39 Å². The van der Waals surface area contributed by atoms with E-state index in [0.29, 0.717) is 12.1 Å². The fourth-order valence-electron chi connectivity index (χ4n) is 1.78. The van der Waals surface area contributed by atoms with Crippen LogP contribution in [0.25, 0.3) is 0 Å². The fraction of sp³-hybridized carbons (Fsp3) is 0.500. The van der Waals surface area contributed by atoms with E-state index in [0.717, 1.165) is 0 Å². The molecule has 0 amide bonds. The van der Waals surface area contributed by atoms with Gasteiger partial charge in [-0.15, -0.1) is 0 Å². The van der Waals surface area contributed by atoms with Crippen molar-refractivity contribution < 1.29 is 13.9 Å². The van der Waals surface area contributed by atoms with Crippen LogP contribution in [0.2, 0.25) is 0 Å². The second-order valence-corrected chi connectivity index (χ2v) is 4.69. The number of halogens is 1. The number of carbonyl (C=O) groups is 1. The molecular weight excluding hydrogens is 233 g/mol. The van der Waals surface area contributed by atoms with E-state index >= 15 is 0 Å². The van der Waals surface area contributed by atoms with Crippen molar-refractivity contribution in [2.45, 2.75) is 32.7 Å². The van der Waals surface area contributed by atoms with E-state index in [4.69, 9.17) is 4.74 Å². The highest BCUT2D eigenvalue weighted by Crippen LogP contribution is 2.21. The molecule has 1 aromatic rings. The molecule has 3 nitrogen and oxygen atoms in total. The molecule has 0 heterocycles. The van der Waals surface area contributed by atoms with Crippen molar-refractivity contribution in [2.75, 3.05) is 13.7 Å². The van der Waals surface area contributed by atoms with Gasteiger partial charge in [-0.2, -0.15) is 0 Å². The number of hydrogen-bond donors (Lipinski definition) is 1. The van der Waals surface area contributed by atoms with Gasteiger partial charge in [-0.05, 0) is 32.0 Å². The highest BCUT2D eigenvalue weighted by molar-refractivity contribution is 5.89. The Kier molecular flexibility index (Phi) is 4.84. The lowest BCUT2D eigenvalue weighted by Gasteiger charge is -2.24. The largest absolute Gasteiger partial charge is 0.494 e. The number of likely N-dealkylation sites (N-methyl/N-ethyl adjacent to an activating group) is 1. The monoisotopic (exact) mass is 253 g/mol. The van der Waals surface area contributed by atoms with Crippen LogP contribution in [-0.4, -0.2) is 25.0 Å². The molecule has 0 bridgehead atoms. The van der Waals surface area contributed by atoms with E-state index in [2.05, 4.69) is 5.32 Å². The second kappa shape index (κ2) is 5.96. The Morgan fingerprint density at radius 3 is 2.67 bits per heavy atom. The quantitative estimate of drug-likeness (QED) is 0.845. The third-order valence-electron chi connectivity index (χ3n) is 2.93. The first kappa shape index (κ1) is 14.6. The Morgan fingerprint density at radius 1 is 1.44 bits per heavy atom. The van der Waals surface area contributed by atoms with Gasteiger partial charge in [0.1, 0.15) is 0 Å². The van der Waals surface area contributed by atoms with Gasteiger partial charge in [0.05, 0.1) is 12.6 Å². The normalized spacial score (nSPS) is 11.4. The number of rotatable bonds is 6. The SMILES string of the molecule is CCNC(C)(C)C(=O)Cc1cccc(OC)c1F. The third-order valence-corrected chi connectivity index (χ3v) is 2.93. The first-order valence-corrected chi connectivity index (χ1v) is 6.02. The van der Waals surface area contributed by atoms with Crippen molar-refractivity contribution in [1.29, 1.82) is 0 Å². The van der Waals surface area contributed by atoms with Gasteiger partial charge in [-0.1, -0.05) is 19.1 Å². The summed E-state index contributed by atoms with van der Waals surface area (Å²) in [7, 11) is 1.41. The molecule has 1 N–H and O–H groups in total. The van der Waals surface area contributed by atoms with E-state index in [1.54, 1.807) is 32.0 Å². The van der Waals surface area contributed by atoms with E-state index in [1.165, 1.54) is 7.11 Å². The Hall–Kier alpha value is -1.42. The Morgan fingerprint density at radius 2 is 2.11 bits per heavy atom. The molecule has 0 aliphatic carbocycles. The molecule has 0 aliphatic heterocycles. The standard InChI is InChI=1S/C14H20FNO2/c1-5-16-14(2,3)12(17)9-10-7-6-8-11(18-4)13(10)15/h6-8,16H,5,9H2,1-4H3. The zero-order valence-corrected chi connectivity index (χ0v) is 11.3. The molecule has 0 saturated carbocycles. The molecule has 1 aromatic carbocycles. The molecule has 0 saturated heterocycles. The van der Waals surface area contributed by atoms with Crippen LogP contribution >= 0.6 is 0 Å². The van der Waals surface area contributed by atoms with Crippen molar-refractivity contribution in [2.24, 2.45) is 0 Å². The van der Waals surface area contributed by atoms with Crippen molar-refractivity contribution in [1.82, 2.24) is 5.32 Å². The van der Waals surface area contributed by atoms with Crippen molar-refractivity contribution in [3.8, 4) is 5.75 Å². The maximum absolute atomic E-state index is 13.9. The van der Waals surface area contributed by atoms with Gasteiger partial charge in [0.15, 0.2) is 17.3 Å². The number of hydrogen-bond acceptors (Lipinski definition) is 3. The maximum atomic E-state index is 13.9. The Labute approximate surface area is 107 Å². The number of benzene rings is 1. The summed E-state index contributed by atoms with van der Waals surface area (Å²) in [6, 6.07) is 4.83. The zero-order valence-electron chi connectivity index (χ0n) is 11.3. The Balaban J connectivity index is 2.88. The molecule has 100 valence electrons. The second-order valence-electron chi connectivity index (χ2n) is 4.69. The smallest absolute Gasteiger partial charge is 0.168 e. The average Bonchev–Trinajstić information content (AvgIpc) is 2.31. The number of ether oxygens (including phenoxy) is 1. The number of carbonyl (C=O) groups excluding carboxylic acids is 1. The molecule has 4 heteroatoms. The molecule has 0 spiro atoms. The molecule has 0 fully saturated rings. The molecule has 0 aromatic heterocycles. The predicted molar refractivity (Wildman–Crippen MR) is 69.4 cm³/mol.